The van der Waals surface area contributed by atoms with Gasteiger partial charge in [-0.25, -0.2) is 12.7 Å². The lowest BCUT2D eigenvalue weighted by Crippen LogP contribution is -2.41. The van der Waals surface area contributed by atoms with Crippen LogP contribution >= 0.6 is 0 Å². The first kappa shape index (κ1) is 15.2. The molecule has 1 aromatic rings. The first-order valence-corrected chi connectivity index (χ1v) is 8.60. The molecule has 1 aliphatic heterocycles. The van der Waals surface area contributed by atoms with E-state index < -0.39 is 10.0 Å². The summed E-state index contributed by atoms with van der Waals surface area (Å²) < 4.78 is 26.3. The van der Waals surface area contributed by atoms with Gasteiger partial charge in [0, 0.05) is 37.9 Å². The zero-order valence-electron chi connectivity index (χ0n) is 11.7. The number of nitrogens with zero attached hydrogens (tertiary/aromatic N) is 2. The van der Waals surface area contributed by atoms with Gasteiger partial charge in [-0.2, -0.15) is 0 Å². The van der Waals surface area contributed by atoms with Crippen molar-refractivity contribution >= 4 is 10.0 Å². The summed E-state index contributed by atoms with van der Waals surface area (Å²) in [5.74, 6) is 0.171. The molecule has 1 fully saturated rings. The van der Waals surface area contributed by atoms with E-state index in [-0.39, 0.29) is 18.0 Å². The molecule has 1 atom stereocenters. The number of piperidine rings is 1. The molecule has 0 spiro atoms. The number of pyridine rings is 1. The van der Waals surface area contributed by atoms with Gasteiger partial charge in [-0.3, -0.25) is 4.79 Å². The van der Waals surface area contributed by atoms with E-state index in [1.807, 2.05) is 0 Å². The summed E-state index contributed by atoms with van der Waals surface area (Å²) in [5.41, 5.74) is 6.04. The summed E-state index contributed by atoms with van der Waals surface area (Å²) in [6.07, 6.45) is 4.74. The average Bonchev–Trinajstić information content (AvgIpc) is 2.40. The Morgan fingerprint density at radius 2 is 2.20 bits per heavy atom. The van der Waals surface area contributed by atoms with Crippen LogP contribution in [0.2, 0.25) is 0 Å². The van der Waals surface area contributed by atoms with Crippen molar-refractivity contribution in [2.75, 3.05) is 19.3 Å². The molecule has 0 bridgehead atoms. The van der Waals surface area contributed by atoms with Crippen LogP contribution in [0.25, 0.3) is 0 Å². The molecular formula is C13H21N3O3S. The summed E-state index contributed by atoms with van der Waals surface area (Å²) in [5, 5.41) is 0. The largest absolute Gasteiger partial charge is 0.326 e. The number of hydrogen-bond donors (Lipinski definition) is 1. The van der Waals surface area contributed by atoms with Crippen LogP contribution in [0.4, 0.5) is 0 Å². The Morgan fingerprint density at radius 1 is 1.45 bits per heavy atom. The van der Waals surface area contributed by atoms with Crippen molar-refractivity contribution in [1.29, 1.82) is 0 Å². The third-order valence-corrected chi connectivity index (χ3v) is 4.99. The second-order valence-electron chi connectivity index (χ2n) is 5.32. The molecule has 1 saturated heterocycles. The number of hydrogen-bond acceptors (Lipinski definition) is 4. The van der Waals surface area contributed by atoms with Crippen molar-refractivity contribution in [1.82, 2.24) is 8.87 Å². The highest BCUT2D eigenvalue weighted by atomic mass is 32.2. The SMILES string of the molecule is CS(=O)(=O)N1CCCC(Cn2cccc(CN)c2=O)C1. The van der Waals surface area contributed by atoms with Crippen molar-refractivity contribution in [3.63, 3.8) is 0 Å². The van der Waals surface area contributed by atoms with E-state index in [1.54, 1.807) is 22.9 Å². The monoisotopic (exact) mass is 299 g/mol. The molecule has 0 radical (unpaired) electrons. The lowest BCUT2D eigenvalue weighted by Gasteiger charge is -2.31. The Hall–Kier alpha value is -1.18. The highest BCUT2D eigenvalue weighted by molar-refractivity contribution is 7.88. The molecule has 7 heteroatoms. The summed E-state index contributed by atoms with van der Waals surface area (Å²) in [7, 11) is -3.15. The van der Waals surface area contributed by atoms with E-state index in [0.717, 1.165) is 12.8 Å². The van der Waals surface area contributed by atoms with Crippen LogP contribution in [-0.2, 0) is 23.1 Å². The molecule has 2 N–H and O–H groups in total. The Bertz CT molecular complexity index is 624. The van der Waals surface area contributed by atoms with Gasteiger partial charge in [0.05, 0.1) is 6.26 Å². The predicted molar refractivity (Wildman–Crippen MR) is 77.7 cm³/mol. The minimum atomic E-state index is -3.15. The van der Waals surface area contributed by atoms with Crippen molar-refractivity contribution in [3.8, 4) is 0 Å². The summed E-state index contributed by atoms with van der Waals surface area (Å²) in [4.78, 5) is 12.1. The van der Waals surface area contributed by atoms with E-state index in [1.165, 1.54) is 10.6 Å². The van der Waals surface area contributed by atoms with Gasteiger partial charge in [0.2, 0.25) is 10.0 Å². The van der Waals surface area contributed by atoms with E-state index >= 15 is 0 Å². The molecule has 2 rings (SSSR count). The van der Waals surface area contributed by atoms with Crippen LogP contribution in [0.5, 0.6) is 0 Å². The second-order valence-corrected chi connectivity index (χ2v) is 7.31. The Balaban J connectivity index is 2.13. The maximum Gasteiger partial charge on any atom is 0.255 e. The fourth-order valence-electron chi connectivity index (χ4n) is 2.64. The van der Waals surface area contributed by atoms with Gasteiger partial charge >= 0.3 is 0 Å². The highest BCUT2D eigenvalue weighted by Crippen LogP contribution is 2.19. The maximum atomic E-state index is 12.1. The first-order valence-electron chi connectivity index (χ1n) is 6.75. The predicted octanol–water partition coefficient (Wildman–Crippen LogP) is -0.0214. The smallest absolute Gasteiger partial charge is 0.255 e. The topological polar surface area (TPSA) is 85.4 Å². The Kier molecular flexibility index (Phi) is 4.62. The molecule has 0 saturated carbocycles. The molecule has 2 heterocycles. The van der Waals surface area contributed by atoms with Crippen molar-refractivity contribution < 1.29 is 8.42 Å². The van der Waals surface area contributed by atoms with Crippen molar-refractivity contribution in [3.05, 3.63) is 34.2 Å². The Labute approximate surface area is 119 Å². The van der Waals surface area contributed by atoms with Crippen molar-refractivity contribution in [2.24, 2.45) is 11.7 Å². The van der Waals surface area contributed by atoms with Crippen LogP contribution < -0.4 is 11.3 Å². The third kappa shape index (κ3) is 3.47. The van der Waals surface area contributed by atoms with Crippen LogP contribution in [0.3, 0.4) is 0 Å². The van der Waals surface area contributed by atoms with Crippen LogP contribution in [-0.4, -0.2) is 36.6 Å². The first-order chi connectivity index (χ1) is 9.41. The number of sulfonamides is 1. The lowest BCUT2D eigenvalue weighted by molar-refractivity contribution is 0.244. The Morgan fingerprint density at radius 3 is 2.85 bits per heavy atom. The summed E-state index contributed by atoms with van der Waals surface area (Å²) in [6, 6.07) is 3.53. The molecule has 0 aromatic carbocycles. The van der Waals surface area contributed by atoms with Gasteiger partial charge in [0.15, 0.2) is 0 Å². The molecule has 1 unspecified atom stereocenters. The summed E-state index contributed by atoms with van der Waals surface area (Å²) in [6.45, 7) is 1.82. The number of aromatic nitrogens is 1. The molecule has 1 aliphatic rings. The number of nitrogens with two attached hydrogens (primary N) is 1. The van der Waals surface area contributed by atoms with E-state index in [9.17, 15) is 13.2 Å². The highest BCUT2D eigenvalue weighted by Gasteiger charge is 2.26. The molecule has 20 heavy (non-hydrogen) atoms. The van der Waals surface area contributed by atoms with E-state index in [4.69, 9.17) is 5.73 Å². The minimum Gasteiger partial charge on any atom is -0.326 e. The molecule has 112 valence electrons. The number of rotatable bonds is 4. The van der Waals surface area contributed by atoms with Crippen LogP contribution in [0.1, 0.15) is 18.4 Å². The van der Waals surface area contributed by atoms with Gasteiger partial charge in [-0.05, 0) is 24.8 Å². The zero-order valence-corrected chi connectivity index (χ0v) is 12.5. The van der Waals surface area contributed by atoms with Gasteiger partial charge < -0.3 is 10.3 Å². The second kappa shape index (κ2) is 6.07. The van der Waals surface area contributed by atoms with Crippen molar-refractivity contribution in [2.45, 2.75) is 25.9 Å². The molecule has 6 nitrogen and oxygen atoms in total. The van der Waals surface area contributed by atoms with Crippen LogP contribution in [0, 0.1) is 5.92 Å². The van der Waals surface area contributed by atoms with Gasteiger partial charge in [0.1, 0.15) is 0 Å². The van der Waals surface area contributed by atoms with Crippen LogP contribution in [0.15, 0.2) is 23.1 Å². The lowest BCUT2D eigenvalue weighted by atomic mass is 9.99. The molecule has 0 amide bonds. The third-order valence-electron chi connectivity index (χ3n) is 3.72. The molecule has 0 aliphatic carbocycles. The fourth-order valence-corrected chi connectivity index (χ4v) is 3.58. The van der Waals surface area contributed by atoms with Gasteiger partial charge in [-0.1, -0.05) is 6.07 Å². The maximum absolute atomic E-state index is 12.1. The molecule has 1 aromatic heterocycles. The quantitative estimate of drug-likeness (QED) is 0.846. The average molecular weight is 299 g/mol. The molecular weight excluding hydrogens is 278 g/mol. The normalized spacial score (nSPS) is 21.0. The van der Waals surface area contributed by atoms with E-state index in [0.29, 0.717) is 25.2 Å². The van der Waals surface area contributed by atoms with E-state index in [2.05, 4.69) is 0 Å². The van der Waals surface area contributed by atoms with Gasteiger partial charge in [-0.15, -0.1) is 0 Å². The van der Waals surface area contributed by atoms with Gasteiger partial charge in [0.25, 0.3) is 5.56 Å². The fraction of sp³-hybridized carbons (Fsp3) is 0.615. The zero-order chi connectivity index (χ0) is 14.8. The minimum absolute atomic E-state index is 0.0773. The summed E-state index contributed by atoms with van der Waals surface area (Å²) >= 11 is 0. The standard InChI is InChI=1S/C13H21N3O3S/c1-20(18,19)16-7-2-4-11(10-16)9-15-6-3-5-12(8-14)13(15)17/h3,5-6,11H,2,4,7-10,14H2,1H3.